The first-order valence-electron chi connectivity index (χ1n) is 11.4. The Morgan fingerprint density at radius 3 is 2.13 bits per heavy atom. The third kappa shape index (κ3) is 6.05. The Balaban J connectivity index is 1.64. The molecule has 30 heavy (non-hydrogen) atoms. The molecule has 3 rings (SSSR count). The summed E-state index contributed by atoms with van der Waals surface area (Å²) in [5.41, 5.74) is 3.40. The highest BCUT2D eigenvalue weighted by molar-refractivity contribution is 5.65. The predicted molar refractivity (Wildman–Crippen MR) is 123 cm³/mol. The molecule has 0 spiro atoms. The third-order valence-corrected chi connectivity index (χ3v) is 6.18. The molecule has 0 amide bonds. The summed E-state index contributed by atoms with van der Waals surface area (Å²) >= 11 is 0. The summed E-state index contributed by atoms with van der Waals surface area (Å²) in [6.45, 7) is 4.38. The zero-order valence-corrected chi connectivity index (χ0v) is 18.2. The van der Waals surface area contributed by atoms with Crippen LogP contribution in [0, 0.1) is 17.8 Å². The van der Waals surface area contributed by atoms with Gasteiger partial charge in [-0.25, -0.2) is 4.39 Å². The molecular weight excluding hydrogens is 374 g/mol. The van der Waals surface area contributed by atoms with Gasteiger partial charge in [0.2, 0.25) is 5.83 Å². The molecule has 2 aromatic rings. The van der Waals surface area contributed by atoms with E-state index in [9.17, 15) is 8.78 Å². The summed E-state index contributed by atoms with van der Waals surface area (Å²) in [6, 6.07) is 15.0. The van der Waals surface area contributed by atoms with Gasteiger partial charge in [0.05, 0.1) is 0 Å². The maximum absolute atomic E-state index is 14.5. The monoisotopic (exact) mass is 406 g/mol. The van der Waals surface area contributed by atoms with Gasteiger partial charge in [0.15, 0.2) is 5.83 Å². The number of rotatable bonds is 6. The molecule has 0 aliphatic heterocycles. The van der Waals surface area contributed by atoms with E-state index in [0.29, 0.717) is 11.5 Å². The zero-order chi connectivity index (χ0) is 21.3. The molecule has 0 bridgehead atoms. The van der Waals surface area contributed by atoms with Crippen LogP contribution in [-0.4, -0.2) is 0 Å². The van der Waals surface area contributed by atoms with Crippen LogP contribution in [-0.2, 0) is 6.42 Å². The fraction of sp³-hybridized carbons (Fsp3) is 0.429. The van der Waals surface area contributed by atoms with E-state index in [4.69, 9.17) is 0 Å². The molecule has 0 radical (unpaired) electrons. The van der Waals surface area contributed by atoms with Crippen molar-refractivity contribution in [3.8, 4) is 11.8 Å². The van der Waals surface area contributed by atoms with Crippen molar-refractivity contribution < 1.29 is 8.78 Å². The zero-order valence-electron chi connectivity index (χ0n) is 18.2. The van der Waals surface area contributed by atoms with Crippen LogP contribution in [0.1, 0.15) is 87.0 Å². The van der Waals surface area contributed by atoms with E-state index in [1.807, 2.05) is 36.4 Å². The van der Waals surface area contributed by atoms with Crippen LogP contribution in [0.2, 0.25) is 0 Å². The molecule has 2 heteroatoms. The van der Waals surface area contributed by atoms with Crippen molar-refractivity contribution in [2.45, 2.75) is 71.1 Å². The van der Waals surface area contributed by atoms with Gasteiger partial charge >= 0.3 is 0 Å². The van der Waals surface area contributed by atoms with Crippen molar-refractivity contribution in [2.24, 2.45) is 5.92 Å². The highest BCUT2D eigenvalue weighted by Crippen LogP contribution is 2.37. The Hall–Kier alpha value is -2.40. The Bertz CT molecular complexity index is 886. The van der Waals surface area contributed by atoms with E-state index in [1.165, 1.54) is 49.7 Å². The van der Waals surface area contributed by atoms with Crippen LogP contribution in [0.3, 0.4) is 0 Å². The fourth-order valence-electron chi connectivity index (χ4n) is 4.45. The average Bonchev–Trinajstić information content (AvgIpc) is 2.79. The van der Waals surface area contributed by atoms with Crippen molar-refractivity contribution in [3.05, 3.63) is 76.6 Å². The lowest BCUT2D eigenvalue weighted by molar-refractivity contribution is 0.308. The van der Waals surface area contributed by atoms with Crippen LogP contribution in [0.4, 0.5) is 8.78 Å². The van der Waals surface area contributed by atoms with Crippen LogP contribution in [0.15, 0.2) is 54.4 Å². The van der Waals surface area contributed by atoms with E-state index >= 15 is 0 Å². The molecule has 1 aliphatic carbocycles. The summed E-state index contributed by atoms with van der Waals surface area (Å²) in [5.74, 6) is 4.55. The third-order valence-electron chi connectivity index (χ3n) is 6.18. The molecule has 1 fully saturated rings. The summed E-state index contributed by atoms with van der Waals surface area (Å²) in [5, 5.41) is 0. The SMILES string of the molecule is CCCc1ccc(C#C/C(F)=C(\F)c2ccc(C3CCC(CCC)CC3)cc2)cc1. The molecule has 158 valence electrons. The number of benzene rings is 2. The number of hydrogen-bond acceptors (Lipinski definition) is 0. The highest BCUT2D eigenvalue weighted by Gasteiger charge is 2.22. The van der Waals surface area contributed by atoms with Crippen molar-refractivity contribution in [1.82, 2.24) is 0 Å². The average molecular weight is 407 g/mol. The van der Waals surface area contributed by atoms with Gasteiger partial charge in [-0.3, -0.25) is 0 Å². The Kier molecular flexibility index (Phi) is 8.26. The number of allylic oxidation sites excluding steroid dienone is 1. The smallest absolute Gasteiger partial charge is 0.202 e. The van der Waals surface area contributed by atoms with Crippen molar-refractivity contribution >= 4 is 5.83 Å². The van der Waals surface area contributed by atoms with Gasteiger partial charge in [-0.15, -0.1) is 0 Å². The molecule has 0 atom stereocenters. The standard InChI is InChI=1S/C28H32F2/c1-3-5-21-7-9-23(10-8-21)13-20-27(29)28(30)26-18-16-25(17-19-26)24-14-11-22(6-4-2)12-15-24/h7-10,16-19,22,24H,3-6,11-12,14-15H2,1-2H3/b28-27+. The van der Waals surface area contributed by atoms with Gasteiger partial charge in [-0.05, 0) is 73.1 Å². The van der Waals surface area contributed by atoms with Gasteiger partial charge in [0.1, 0.15) is 0 Å². The van der Waals surface area contributed by atoms with Gasteiger partial charge in [0, 0.05) is 11.1 Å². The Labute approximate surface area is 180 Å². The molecular formula is C28H32F2. The minimum absolute atomic E-state index is 0.253. The molecule has 1 aliphatic rings. The topological polar surface area (TPSA) is 0 Å². The minimum Gasteiger partial charge on any atom is -0.202 e. The normalized spacial score (nSPS) is 19.6. The molecule has 0 heterocycles. The van der Waals surface area contributed by atoms with Crippen molar-refractivity contribution in [3.63, 3.8) is 0 Å². The first kappa shape index (κ1) is 22.3. The first-order valence-corrected chi connectivity index (χ1v) is 11.4. The second-order valence-electron chi connectivity index (χ2n) is 8.45. The Morgan fingerprint density at radius 2 is 1.53 bits per heavy atom. The number of hydrogen-bond donors (Lipinski definition) is 0. The summed E-state index contributed by atoms with van der Waals surface area (Å²) in [7, 11) is 0. The van der Waals surface area contributed by atoms with Crippen molar-refractivity contribution in [1.29, 1.82) is 0 Å². The molecule has 0 N–H and O–H groups in total. The Morgan fingerprint density at radius 1 is 0.867 bits per heavy atom. The van der Waals surface area contributed by atoms with E-state index in [0.717, 1.165) is 18.8 Å². The van der Waals surface area contributed by atoms with Crippen LogP contribution < -0.4 is 0 Å². The molecule has 0 saturated heterocycles. The molecule has 1 saturated carbocycles. The fourth-order valence-corrected chi connectivity index (χ4v) is 4.45. The first-order chi connectivity index (χ1) is 14.6. The molecule has 0 nitrogen and oxygen atoms in total. The summed E-state index contributed by atoms with van der Waals surface area (Å²) in [4.78, 5) is 0. The van der Waals surface area contributed by atoms with Crippen LogP contribution >= 0.6 is 0 Å². The van der Waals surface area contributed by atoms with Crippen LogP contribution in [0.25, 0.3) is 5.83 Å². The van der Waals surface area contributed by atoms with E-state index in [1.54, 1.807) is 12.1 Å². The van der Waals surface area contributed by atoms with E-state index in [2.05, 4.69) is 25.7 Å². The van der Waals surface area contributed by atoms with Gasteiger partial charge in [-0.1, -0.05) is 75.4 Å². The lowest BCUT2D eigenvalue weighted by atomic mass is 9.77. The summed E-state index contributed by atoms with van der Waals surface area (Å²) in [6.07, 6.45) is 9.60. The van der Waals surface area contributed by atoms with E-state index in [-0.39, 0.29) is 5.56 Å². The predicted octanol–water partition coefficient (Wildman–Crippen LogP) is 8.37. The minimum atomic E-state index is -1.01. The second kappa shape index (κ2) is 11.1. The van der Waals surface area contributed by atoms with Gasteiger partial charge in [0.25, 0.3) is 0 Å². The van der Waals surface area contributed by atoms with Gasteiger partial charge < -0.3 is 0 Å². The number of aryl methyl sites for hydroxylation is 1. The molecule has 0 unspecified atom stereocenters. The lowest BCUT2D eigenvalue weighted by Crippen LogP contribution is -2.13. The van der Waals surface area contributed by atoms with Crippen molar-refractivity contribution in [2.75, 3.05) is 0 Å². The van der Waals surface area contributed by atoms with Gasteiger partial charge in [-0.2, -0.15) is 4.39 Å². The largest absolute Gasteiger partial charge is 0.209 e. The van der Waals surface area contributed by atoms with Crippen LogP contribution in [0.5, 0.6) is 0 Å². The molecule has 0 aromatic heterocycles. The summed E-state index contributed by atoms with van der Waals surface area (Å²) < 4.78 is 28.8. The maximum Gasteiger partial charge on any atom is 0.209 e. The number of halogens is 2. The highest BCUT2D eigenvalue weighted by atomic mass is 19.2. The lowest BCUT2D eigenvalue weighted by Gasteiger charge is -2.28. The van der Waals surface area contributed by atoms with E-state index < -0.39 is 11.7 Å². The molecule has 2 aromatic carbocycles. The maximum atomic E-state index is 14.5. The second-order valence-corrected chi connectivity index (χ2v) is 8.45. The quantitative estimate of drug-likeness (QED) is 0.423.